The Morgan fingerprint density at radius 1 is 1.41 bits per heavy atom. The highest BCUT2D eigenvalue weighted by atomic mass is 32.2. The maximum absolute atomic E-state index is 14.7. The largest absolute Gasteiger partial charge is 0.399 e. The van der Waals surface area contributed by atoms with Gasteiger partial charge >= 0.3 is 0 Å². The number of aliphatic imine (C=N–C) groups is 1. The highest BCUT2D eigenvalue weighted by molar-refractivity contribution is 8.13. The van der Waals surface area contributed by atoms with Gasteiger partial charge in [-0.1, -0.05) is 30.8 Å². The van der Waals surface area contributed by atoms with Crippen molar-refractivity contribution in [3.63, 3.8) is 0 Å². The van der Waals surface area contributed by atoms with Crippen molar-refractivity contribution >= 4 is 22.6 Å². The van der Waals surface area contributed by atoms with E-state index in [4.69, 9.17) is 11.5 Å². The number of aromatic nitrogens is 3. The Morgan fingerprint density at radius 3 is 2.67 bits per heavy atom. The fourth-order valence-electron chi connectivity index (χ4n) is 3.14. The number of amidine groups is 1. The summed E-state index contributed by atoms with van der Waals surface area (Å²) in [5.74, 6) is -1.05. The molecule has 0 amide bonds. The molecule has 3 atom stereocenters. The first kappa shape index (κ1) is 21.1. The van der Waals surface area contributed by atoms with Crippen molar-refractivity contribution in [1.29, 1.82) is 0 Å². The Balaban J connectivity index is 2.54. The van der Waals surface area contributed by atoms with Crippen molar-refractivity contribution in [2.24, 2.45) is 22.6 Å². The number of hydrogen-bond acceptors (Lipinski definition) is 5. The topological polar surface area (TPSA) is 95.1 Å². The Morgan fingerprint density at radius 2 is 2.11 bits per heavy atom. The second-order valence-electron chi connectivity index (χ2n) is 6.77. The minimum Gasteiger partial charge on any atom is -0.399 e. The number of nitrogen functional groups attached to an aromatic ring is 1. The molecule has 6 nitrogen and oxygen atoms in total. The van der Waals surface area contributed by atoms with Crippen LogP contribution in [0.2, 0.25) is 0 Å². The monoisotopic (exact) mass is 396 g/mol. The van der Waals surface area contributed by atoms with Crippen LogP contribution in [0.4, 0.5) is 14.5 Å². The first-order valence-electron chi connectivity index (χ1n) is 8.61. The molecule has 0 fully saturated rings. The van der Waals surface area contributed by atoms with Gasteiger partial charge in [0.2, 0.25) is 0 Å². The van der Waals surface area contributed by atoms with Crippen LogP contribution in [0.15, 0.2) is 29.4 Å². The van der Waals surface area contributed by atoms with E-state index < -0.39 is 23.9 Å². The van der Waals surface area contributed by atoms with E-state index in [9.17, 15) is 8.78 Å². The molecule has 0 aliphatic carbocycles. The van der Waals surface area contributed by atoms with E-state index in [2.05, 4.69) is 15.3 Å². The standard InChI is InChI=1S/C18H26F2N6S/c1-11(9-26-12(2)8-23-25-26)13(3)18(10-19,24-17(22)27-4)15-7-14(21)5-6-16(15)20/h5-8,11,13H,9-10,21H2,1-4H3,(H2,22,24)/t11-,13+,18-/m0/s1. The van der Waals surface area contributed by atoms with E-state index in [-0.39, 0.29) is 16.6 Å². The molecule has 27 heavy (non-hydrogen) atoms. The summed E-state index contributed by atoms with van der Waals surface area (Å²) in [6.45, 7) is 5.27. The number of hydrogen-bond donors (Lipinski definition) is 2. The maximum atomic E-state index is 14.7. The summed E-state index contributed by atoms with van der Waals surface area (Å²) in [7, 11) is 0. The van der Waals surface area contributed by atoms with Gasteiger partial charge in [-0.05, 0) is 43.2 Å². The van der Waals surface area contributed by atoms with Crippen LogP contribution >= 0.6 is 11.8 Å². The molecule has 0 saturated carbocycles. The van der Waals surface area contributed by atoms with Crippen molar-refractivity contribution in [3.05, 3.63) is 41.5 Å². The predicted octanol–water partition coefficient (Wildman–Crippen LogP) is 3.12. The van der Waals surface area contributed by atoms with E-state index in [0.717, 1.165) is 5.69 Å². The number of alkyl halides is 1. The first-order chi connectivity index (χ1) is 12.7. The molecule has 0 bridgehead atoms. The number of nitrogens with two attached hydrogens (primary N) is 2. The van der Waals surface area contributed by atoms with Crippen molar-refractivity contribution in [1.82, 2.24) is 15.0 Å². The Kier molecular flexibility index (Phi) is 6.80. The number of anilines is 1. The molecule has 0 aliphatic rings. The average molecular weight is 397 g/mol. The third-order valence-corrected chi connectivity index (χ3v) is 5.57. The molecule has 0 aliphatic heterocycles. The molecular formula is C18H26F2N6S. The fraction of sp³-hybridized carbons (Fsp3) is 0.500. The molecule has 9 heteroatoms. The van der Waals surface area contributed by atoms with Crippen molar-refractivity contribution in [2.45, 2.75) is 32.9 Å². The molecule has 0 radical (unpaired) electrons. The van der Waals surface area contributed by atoms with Crippen LogP contribution in [0.25, 0.3) is 0 Å². The first-order valence-corrected chi connectivity index (χ1v) is 9.83. The second-order valence-corrected chi connectivity index (χ2v) is 7.60. The lowest BCUT2D eigenvalue weighted by Gasteiger charge is -2.38. The fourth-order valence-corrected chi connectivity index (χ4v) is 3.39. The molecular weight excluding hydrogens is 370 g/mol. The number of benzene rings is 1. The molecule has 1 aromatic heterocycles. The molecule has 4 N–H and O–H groups in total. The molecule has 1 aromatic carbocycles. The Hall–Kier alpha value is -2.16. The van der Waals surface area contributed by atoms with E-state index >= 15 is 0 Å². The zero-order valence-electron chi connectivity index (χ0n) is 16.0. The number of thioether (sulfide) groups is 1. The van der Waals surface area contributed by atoms with Gasteiger partial charge in [0.15, 0.2) is 5.17 Å². The second kappa shape index (κ2) is 8.69. The molecule has 1 heterocycles. The van der Waals surface area contributed by atoms with Crippen LogP contribution in [0, 0.1) is 24.6 Å². The summed E-state index contributed by atoms with van der Waals surface area (Å²) >= 11 is 1.19. The summed E-state index contributed by atoms with van der Waals surface area (Å²) in [6, 6.07) is 4.12. The van der Waals surface area contributed by atoms with Crippen LogP contribution in [-0.4, -0.2) is 33.1 Å². The quantitative estimate of drug-likeness (QED) is 0.426. The van der Waals surface area contributed by atoms with Crippen LogP contribution in [0.5, 0.6) is 0 Å². The third kappa shape index (κ3) is 4.40. The Labute approximate surface area is 162 Å². The lowest BCUT2D eigenvalue weighted by Crippen LogP contribution is -2.41. The van der Waals surface area contributed by atoms with Gasteiger partial charge in [0, 0.05) is 17.8 Å². The van der Waals surface area contributed by atoms with Crippen LogP contribution in [-0.2, 0) is 12.1 Å². The van der Waals surface area contributed by atoms with Crippen LogP contribution < -0.4 is 11.5 Å². The summed E-state index contributed by atoms with van der Waals surface area (Å²) < 4.78 is 31.0. The van der Waals surface area contributed by atoms with E-state index in [1.165, 1.54) is 30.0 Å². The summed E-state index contributed by atoms with van der Waals surface area (Å²) in [4.78, 5) is 4.43. The van der Waals surface area contributed by atoms with Crippen molar-refractivity contribution < 1.29 is 8.78 Å². The van der Waals surface area contributed by atoms with Crippen LogP contribution in [0.1, 0.15) is 25.1 Å². The van der Waals surface area contributed by atoms with E-state index in [0.29, 0.717) is 12.2 Å². The highest BCUT2D eigenvalue weighted by Crippen LogP contribution is 2.41. The number of rotatable bonds is 7. The third-order valence-electron chi connectivity index (χ3n) is 5.06. The molecule has 0 unspecified atom stereocenters. The number of halogens is 2. The van der Waals surface area contributed by atoms with Gasteiger partial charge in [0.25, 0.3) is 0 Å². The van der Waals surface area contributed by atoms with Gasteiger partial charge in [-0.2, -0.15) is 0 Å². The van der Waals surface area contributed by atoms with Crippen LogP contribution in [0.3, 0.4) is 0 Å². The minimum absolute atomic E-state index is 0.0969. The molecule has 2 rings (SSSR count). The summed E-state index contributed by atoms with van der Waals surface area (Å²) in [6.07, 6.45) is 3.39. The maximum Gasteiger partial charge on any atom is 0.154 e. The zero-order chi connectivity index (χ0) is 20.2. The number of nitrogens with zero attached hydrogens (tertiary/aromatic N) is 4. The molecule has 2 aromatic rings. The molecule has 0 spiro atoms. The van der Waals surface area contributed by atoms with Gasteiger partial charge in [-0.25, -0.2) is 18.5 Å². The molecule has 148 valence electrons. The van der Waals surface area contributed by atoms with Gasteiger partial charge < -0.3 is 11.5 Å². The Bertz CT molecular complexity index is 809. The average Bonchev–Trinajstić information content (AvgIpc) is 3.05. The predicted molar refractivity (Wildman–Crippen MR) is 107 cm³/mol. The van der Waals surface area contributed by atoms with E-state index in [1.807, 2.05) is 20.8 Å². The highest BCUT2D eigenvalue weighted by Gasteiger charge is 2.43. The smallest absolute Gasteiger partial charge is 0.154 e. The zero-order valence-corrected chi connectivity index (χ0v) is 16.8. The van der Waals surface area contributed by atoms with Crippen molar-refractivity contribution in [2.75, 3.05) is 18.7 Å². The van der Waals surface area contributed by atoms with Gasteiger partial charge in [-0.3, -0.25) is 0 Å². The lowest BCUT2D eigenvalue weighted by atomic mass is 9.74. The summed E-state index contributed by atoms with van der Waals surface area (Å²) in [5, 5.41) is 8.10. The molecule has 0 saturated heterocycles. The van der Waals surface area contributed by atoms with Crippen molar-refractivity contribution in [3.8, 4) is 0 Å². The van der Waals surface area contributed by atoms with Gasteiger partial charge in [0.1, 0.15) is 18.0 Å². The SMILES string of the molecule is CS/C(N)=N\[C@](CF)(c1cc(N)ccc1F)[C@H](C)[C@@H](C)Cn1nncc1C. The number of aryl methyl sites for hydroxylation is 1. The minimum atomic E-state index is -1.49. The van der Waals surface area contributed by atoms with E-state index in [1.54, 1.807) is 17.1 Å². The normalized spacial score (nSPS) is 16.7. The van der Waals surface area contributed by atoms with Gasteiger partial charge in [-0.15, -0.1) is 5.10 Å². The lowest BCUT2D eigenvalue weighted by molar-refractivity contribution is 0.155. The van der Waals surface area contributed by atoms with Gasteiger partial charge in [0.05, 0.1) is 11.9 Å². The summed E-state index contributed by atoms with van der Waals surface area (Å²) in [5.41, 5.74) is 11.6.